The van der Waals surface area contributed by atoms with Gasteiger partial charge in [0.25, 0.3) is 0 Å². The van der Waals surface area contributed by atoms with E-state index < -0.39 is 0 Å². The Morgan fingerprint density at radius 3 is 2.75 bits per heavy atom. The number of hydrogen-bond acceptors (Lipinski definition) is 4. The van der Waals surface area contributed by atoms with Gasteiger partial charge in [-0.15, -0.1) is 11.3 Å². The summed E-state index contributed by atoms with van der Waals surface area (Å²) < 4.78 is 5.43. The van der Waals surface area contributed by atoms with E-state index >= 15 is 0 Å². The number of hydrogen-bond donors (Lipinski definition) is 0. The number of carbonyl (C=O) groups is 2. The van der Waals surface area contributed by atoms with Crippen LogP contribution in [0.5, 0.6) is 0 Å². The van der Waals surface area contributed by atoms with Crippen LogP contribution in [0.25, 0.3) is 0 Å². The maximum absolute atomic E-state index is 13.6. The summed E-state index contributed by atoms with van der Waals surface area (Å²) in [6.07, 6.45) is 3.36. The van der Waals surface area contributed by atoms with Gasteiger partial charge in [0, 0.05) is 47.1 Å². The number of fused-ring (bicyclic) bond motifs is 1. The van der Waals surface area contributed by atoms with Crippen LogP contribution in [0.3, 0.4) is 0 Å². The first-order valence-electron chi connectivity index (χ1n) is 11.2. The Morgan fingerprint density at radius 1 is 1.22 bits per heavy atom. The molecule has 1 aromatic carbocycles. The lowest BCUT2D eigenvalue weighted by atomic mass is 9.93. The molecule has 2 aliphatic rings. The van der Waals surface area contributed by atoms with Crippen molar-refractivity contribution in [1.29, 1.82) is 0 Å². The van der Waals surface area contributed by atoms with Crippen molar-refractivity contribution in [1.82, 2.24) is 9.80 Å². The van der Waals surface area contributed by atoms with Crippen LogP contribution in [0.4, 0.5) is 0 Å². The van der Waals surface area contributed by atoms with Gasteiger partial charge in [-0.2, -0.15) is 0 Å². The third-order valence-corrected chi connectivity index (χ3v) is 7.59. The molecule has 0 saturated heterocycles. The molecule has 1 aliphatic carbocycles. The molecule has 2 heterocycles. The molecule has 172 valence electrons. The molecule has 0 bridgehead atoms. The van der Waals surface area contributed by atoms with Crippen LogP contribution in [0.15, 0.2) is 29.6 Å². The van der Waals surface area contributed by atoms with E-state index in [2.05, 4.69) is 11.4 Å². The van der Waals surface area contributed by atoms with Crippen LogP contribution in [0.2, 0.25) is 10.0 Å². The smallest absolute Gasteiger partial charge is 0.242 e. The van der Waals surface area contributed by atoms with E-state index in [4.69, 9.17) is 27.9 Å². The van der Waals surface area contributed by atoms with E-state index in [0.29, 0.717) is 36.3 Å². The van der Waals surface area contributed by atoms with Gasteiger partial charge in [-0.1, -0.05) is 29.3 Å². The third kappa shape index (κ3) is 5.30. The number of halogens is 2. The van der Waals surface area contributed by atoms with Crippen molar-refractivity contribution >= 4 is 46.4 Å². The highest BCUT2D eigenvalue weighted by Crippen LogP contribution is 2.41. The molecule has 1 saturated carbocycles. The molecule has 1 aliphatic heterocycles. The summed E-state index contributed by atoms with van der Waals surface area (Å²) in [7, 11) is 0. The van der Waals surface area contributed by atoms with Crippen molar-refractivity contribution in [3.63, 3.8) is 0 Å². The summed E-state index contributed by atoms with van der Waals surface area (Å²) in [4.78, 5) is 31.3. The lowest BCUT2D eigenvalue weighted by Crippen LogP contribution is -2.47. The summed E-state index contributed by atoms with van der Waals surface area (Å²) in [5.74, 6) is 0.105. The number of carbonyl (C=O) groups excluding carboxylic acids is 2. The van der Waals surface area contributed by atoms with E-state index in [1.165, 1.54) is 4.88 Å². The molecule has 0 N–H and O–H groups in total. The van der Waals surface area contributed by atoms with Crippen LogP contribution >= 0.6 is 34.5 Å². The van der Waals surface area contributed by atoms with E-state index in [0.717, 1.165) is 36.8 Å². The van der Waals surface area contributed by atoms with Crippen LogP contribution in [0, 0.1) is 5.92 Å². The maximum Gasteiger partial charge on any atom is 0.242 e. The van der Waals surface area contributed by atoms with Gasteiger partial charge in [0.2, 0.25) is 11.8 Å². The minimum absolute atomic E-state index is 0.0525. The fourth-order valence-electron chi connectivity index (χ4n) is 4.26. The second-order valence-corrected chi connectivity index (χ2v) is 10.1. The average molecular weight is 495 g/mol. The lowest BCUT2D eigenvalue weighted by Gasteiger charge is -2.38. The molecule has 1 unspecified atom stereocenters. The zero-order valence-corrected chi connectivity index (χ0v) is 20.5. The Kier molecular flexibility index (Phi) is 7.77. The van der Waals surface area contributed by atoms with Crippen molar-refractivity contribution in [3.05, 3.63) is 55.7 Å². The van der Waals surface area contributed by atoms with Gasteiger partial charge in [0.15, 0.2) is 0 Å². The minimum atomic E-state index is -0.274. The SMILES string of the molecule is CCOCCCN(CC(=O)N1CCc2sccc2C1c1ccc(Cl)cc1Cl)C(=O)C1CC1. The summed E-state index contributed by atoms with van der Waals surface area (Å²) in [5, 5.41) is 3.17. The maximum atomic E-state index is 13.6. The Balaban J connectivity index is 1.56. The predicted octanol–water partition coefficient (Wildman–Crippen LogP) is 5.19. The zero-order chi connectivity index (χ0) is 22.7. The number of amides is 2. The second kappa shape index (κ2) is 10.6. The van der Waals surface area contributed by atoms with Crippen LogP contribution in [-0.4, -0.2) is 54.5 Å². The first-order chi connectivity index (χ1) is 15.5. The van der Waals surface area contributed by atoms with Gasteiger partial charge in [-0.3, -0.25) is 9.59 Å². The molecule has 1 atom stereocenters. The van der Waals surface area contributed by atoms with Gasteiger partial charge in [0.05, 0.1) is 12.6 Å². The minimum Gasteiger partial charge on any atom is -0.382 e. The fraction of sp³-hybridized carbons (Fsp3) is 0.500. The molecule has 5 nitrogen and oxygen atoms in total. The van der Waals surface area contributed by atoms with Crippen molar-refractivity contribution in [2.45, 2.75) is 38.6 Å². The number of benzene rings is 1. The molecule has 1 aromatic heterocycles. The van der Waals surface area contributed by atoms with Gasteiger partial charge < -0.3 is 14.5 Å². The summed E-state index contributed by atoms with van der Waals surface area (Å²) >= 11 is 14.4. The number of rotatable bonds is 9. The third-order valence-electron chi connectivity index (χ3n) is 6.03. The number of nitrogens with zero attached hydrogens (tertiary/aromatic N) is 2. The van der Waals surface area contributed by atoms with Crippen molar-refractivity contribution in [2.24, 2.45) is 5.92 Å². The summed E-state index contributed by atoms with van der Waals surface area (Å²) in [5.41, 5.74) is 1.97. The molecule has 1 fully saturated rings. The van der Waals surface area contributed by atoms with Crippen LogP contribution in [-0.2, 0) is 20.7 Å². The Morgan fingerprint density at radius 2 is 2.03 bits per heavy atom. The van der Waals surface area contributed by atoms with E-state index in [1.807, 2.05) is 24.0 Å². The van der Waals surface area contributed by atoms with E-state index in [-0.39, 0.29) is 30.3 Å². The molecule has 0 spiro atoms. The number of thiophene rings is 1. The second-order valence-electron chi connectivity index (χ2n) is 8.29. The largest absolute Gasteiger partial charge is 0.382 e. The highest BCUT2D eigenvalue weighted by molar-refractivity contribution is 7.10. The van der Waals surface area contributed by atoms with Gasteiger partial charge >= 0.3 is 0 Å². The molecule has 8 heteroatoms. The van der Waals surface area contributed by atoms with E-state index in [9.17, 15) is 9.59 Å². The highest BCUT2D eigenvalue weighted by Gasteiger charge is 2.37. The fourth-order valence-corrected chi connectivity index (χ4v) is 5.67. The Hall–Kier alpha value is -1.60. The standard InChI is InChI=1S/C24H28Cl2N2O3S/c1-2-31-12-3-10-27(24(30)16-4-5-16)15-22(29)28-11-8-21-19(9-13-32-21)23(28)18-7-6-17(25)14-20(18)26/h6-7,9,13-14,16,23H,2-5,8,10-12,15H2,1H3. The lowest BCUT2D eigenvalue weighted by molar-refractivity contribution is -0.142. The van der Waals surface area contributed by atoms with Gasteiger partial charge in [-0.25, -0.2) is 0 Å². The van der Waals surface area contributed by atoms with Crippen LogP contribution < -0.4 is 0 Å². The summed E-state index contributed by atoms with van der Waals surface area (Å²) in [6.45, 7) is 4.40. The summed E-state index contributed by atoms with van der Waals surface area (Å²) in [6, 6.07) is 7.23. The first kappa shape index (κ1) is 23.6. The van der Waals surface area contributed by atoms with Gasteiger partial charge in [0.1, 0.15) is 0 Å². The Bertz CT molecular complexity index is 976. The monoisotopic (exact) mass is 494 g/mol. The quantitative estimate of drug-likeness (QED) is 0.450. The molecule has 32 heavy (non-hydrogen) atoms. The highest BCUT2D eigenvalue weighted by atomic mass is 35.5. The van der Waals surface area contributed by atoms with Gasteiger partial charge in [-0.05, 0) is 67.3 Å². The average Bonchev–Trinajstić information content (AvgIpc) is 3.51. The zero-order valence-electron chi connectivity index (χ0n) is 18.2. The van der Waals surface area contributed by atoms with Crippen molar-refractivity contribution < 1.29 is 14.3 Å². The topological polar surface area (TPSA) is 49.9 Å². The predicted molar refractivity (Wildman–Crippen MR) is 128 cm³/mol. The van der Waals surface area contributed by atoms with E-state index in [1.54, 1.807) is 22.3 Å². The normalized spacial score (nSPS) is 17.8. The Labute approximate surface area is 203 Å². The first-order valence-corrected chi connectivity index (χ1v) is 12.8. The number of ether oxygens (including phenoxy) is 1. The molecule has 2 aromatic rings. The molecule has 0 radical (unpaired) electrons. The molecule has 2 amide bonds. The van der Waals surface area contributed by atoms with Crippen LogP contribution in [0.1, 0.15) is 48.2 Å². The van der Waals surface area contributed by atoms with Crippen molar-refractivity contribution in [2.75, 3.05) is 32.8 Å². The molecule has 4 rings (SSSR count). The van der Waals surface area contributed by atoms with Crippen molar-refractivity contribution in [3.8, 4) is 0 Å². The molecular formula is C24H28Cl2N2O3S. The molecular weight excluding hydrogens is 467 g/mol.